The van der Waals surface area contributed by atoms with Crippen LogP contribution in [0.2, 0.25) is 0 Å². The summed E-state index contributed by atoms with van der Waals surface area (Å²) in [6.07, 6.45) is 6.50. The number of unbranched alkanes of at least 4 members (excludes halogenated alkanes) is 2. The molecule has 2 atom stereocenters. The third-order valence-corrected chi connectivity index (χ3v) is 6.39. The summed E-state index contributed by atoms with van der Waals surface area (Å²) in [6, 6.07) is 18.6. The quantitative estimate of drug-likeness (QED) is 0.236. The molecule has 3 aromatic rings. The van der Waals surface area contributed by atoms with Crippen LogP contribution in [0.3, 0.4) is 0 Å². The average Bonchev–Trinajstić information content (AvgIpc) is 2.93. The zero-order chi connectivity index (χ0) is 26.2. The van der Waals surface area contributed by atoms with Crippen molar-refractivity contribution in [1.29, 1.82) is 0 Å². The van der Waals surface area contributed by atoms with Gasteiger partial charge >= 0.3 is 5.97 Å². The number of cyclic esters (lactones) is 1. The molecule has 0 radical (unpaired) electrons. The standard InChI is InChI=1S/C31H34O6/c1-5-6-7-12-25-26(35-24-18-16-23(33-3)17-19-24)20-15-22-11-9-14-28(34-4)30(22)36-27-13-8-10-21(2)29(27)31(32)37-25/h8-11,13-20,25-26H,5-7,12H2,1-4H3/b20-15-/t25-,26+/m0/s1. The highest BCUT2D eigenvalue weighted by atomic mass is 16.6. The highest BCUT2D eigenvalue weighted by molar-refractivity contribution is 5.94. The van der Waals surface area contributed by atoms with E-state index in [4.69, 9.17) is 23.7 Å². The van der Waals surface area contributed by atoms with Crippen molar-refractivity contribution in [2.45, 2.75) is 51.7 Å². The van der Waals surface area contributed by atoms with Crippen LogP contribution < -0.4 is 18.9 Å². The number of para-hydroxylation sites is 1. The Morgan fingerprint density at radius 3 is 2.38 bits per heavy atom. The molecule has 1 aliphatic rings. The van der Waals surface area contributed by atoms with Gasteiger partial charge in [-0.2, -0.15) is 0 Å². The lowest BCUT2D eigenvalue weighted by atomic mass is 10.0. The fraction of sp³-hybridized carbons (Fsp3) is 0.323. The maximum atomic E-state index is 13.6. The van der Waals surface area contributed by atoms with Crippen molar-refractivity contribution in [2.75, 3.05) is 14.2 Å². The fourth-order valence-corrected chi connectivity index (χ4v) is 4.36. The first kappa shape index (κ1) is 26.1. The number of benzene rings is 3. The van der Waals surface area contributed by atoms with E-state index in [0.717, 1.165) is 36.1 Å². The summed E-state index contributed by atoms with van der Waals surface area (Å²) < 4.78 is 29.8. The lowest BCUT2D eigenvalue weighted by Crippen LogP contribution is -2.34. The molecule has 0 aliphatic carbocycles. The first-order valence-corrected chi connectivity index (χ1v) is 12.7. The van der Waals surface area contributed by atoms with Gasteiger partial charge in [0.25, 0.3) is 0 Å². The van der Waals surface area contributed by atoms with Crippen LogP contribution in [0, 0.1) is 6.92 Å². The minimum atomic E-state index is -0.529. The first-order valence-electron chi connectivity index (χ1n) is 12.7. The van der Waals surface area contributed by atoms with Crippen molar-refractivity contribution in [3.8, 4) is 28.7 Å². The molecular weight excluding hydrogens is 468 g/mol. The first-order chi connectivity index (χ1) is 18.0. The number of methoxy groups -OCH3 is 2. The van der Waals surface area contributed by atoms with E-state index in [0.29, 0.717) is 35.0 Å². The van der Waals surface area contributed by atoms with Crippen molar-refractivity contribution in [2.24, 2.45) is 0 Å². The topological polar surface area (TPSA) is 63.2 Å². The molecule has 0 unspecified atom stereocenters. The maximum Gasteiger partial charge on any atom is 0.342 e. The van der Waals surface area contributed by atoms with Gasteiger partial charge in [-0.3, -0.25) is 0 Å². The maximum absolute atomic E-state index is 13.6. The summed E-state index contributed by atoms with van der Waals surface area (Å²) in [5.74, 6) is 2.46. The Kier molecular flexibility index (Phi) is 8.72. The SMILES string of the molecule is CCCCC[C@@H]1OC(=O)c2c(C)cccc2Oc2c(cccc2OC)/C=C\[C@H]1Oc1ccc(OC)cc1. The van der Waals surface area contributed by atoms with Crippen LogP contribution in [-0.4, -0.2) is 32.4 Å². The van der Waals surface area contributed by atoms with Gasteiger partial charge in [-0.1, -0.05) is 50.1 Å². The predicted octanol–water partition coefficient (Wildman–Crippen LogP) is 7.38. The molecule has 3 aromatic carbocycles. The number of esters is 1. The summed E-state index contributed by atoms with van der Waals surface area (Å²) in [5, 5.41) is 0. The molecule has 194 valence electrons. The smallest absolute Gasteiger partial charge is 0.342 e. The van der Waals surface area contributed by atoms with E-state index in [2.05, 4.69) is 6.92 Å². The van der Waals surface area contributed by atoms with Crippen LogP contribution >= 0.6 is 0 Å². The van der Waals surface area contributed by atoms with Crippen LogP contribution in [0.15, 0.2) is 66.7 Å². The number of ether oxygens (including phenoxy) is 5. The van der Waals surface area contributed by atoms with E-state index >= 15 is 0 Å². The Morgan fingerprint density at radius 2 is 1.65 bits per heavy atom. The van der Waals surface area contributed by atoms with E-state index < -0.39 is 18.2 Å². The Labute approximate surface area is 218 Å². The summed E-state index contributed by atoms with van der Waals surface area (Å²) in [4.78, 5) is 13.6. The number of hydrogen-bond donors (Lipinski definition) is 0. The van der Waals surface area contributed by atoms with E-state index in [1.807, 2.05) is 73.7 Å². The molecule has 4 rings (SSSR count). The Balaban J connectivity index is 1.82. The third-order valence-electron chi connectivity index (χ3n) is 6.39. The summed E-state index contributed by atoms with van der Waals surface area (Å²) in [6.45, 7) is 4.03. The van der Waals surface area contributed by atoms with Crippen LogP contribution in [0.1, 0.15) is 54.1 Å². The molecule has 0 fully saturated rings. The largest absolute Gasteiger partial charge is 0.497 e. The Bertz CT molecular complexity index is 1230. The second kappa shape index (κ2) is 12.3. The van der Waals surface area contributed by atoms with Crippen molar-refractivity contribution < 1.29 is 28.5 Å². The van der Waals surface area contributed by atoms with Gasteiger partial charge < -0.3 is 23.7 Å². The third kappa shape index (κ3) is 6.26. The Hall–Kier alpha value is -3.93. The molecule has 1 heterocycles. The van der Waals surface area contributed by atoms with Crippen molar-refractivity contribution >= 4 is 12.0 Å². The van der Waals surface area contributed by atoms with Crippen LogP contribution in [0.4, 0.5) is 0 Å². The molecule has 6 heteroatoms. The van der Waals surface area contributed by atoms with Gasteiger partial charge in [-0.15, -0.1) is 0 Å². The van der Waals surface area contributed by atoms with Crippen LogP contribution in [0.25, 0.3) is 6.08 Å². The molecule has 0 amide bonds. The molecule has 0 aromatic heterocycles. The van der Waals surface area contributed by atoms with E-state index in [1.165, 1.54) is 0 Å². The predicted molar refractivity (Wildman–Crippen MR) is 144 cm³/mol. The molecule has 1 aliphatic heterocycles. The van der Waals surface area contributed by atoms with E-state index in [-0.39, 0.29) is 0 Å². The Morgan fingerprint density at radius 1 is 0.892 bits per heavy atom. The summed E-state index contributed by atoms with van der Waals surface area (Å²) in [7, 11) is 3.22. The zero-order valence-electron chi connectivity index (χ0n) is 21.9. The highest BCUT2D eigenvalue weighted by Crippen LogP contribution is 2.39. The van der Waals surface area contributed by atoms with Gasteiger partial charge in [0, 0.05) is 5.56 Å². The van der Waals surface area contributed by atoms with Gasteiger partial charge in [-0.05, 0) is 67.8 Å². The lowest BCUT2D eigenvalue weighted by molar-refractivity contribution is -0.00117. The van der Waals surface area contributed by atoms with Gasteiger partial charge in [-0.25, -0.2) is 4.79 Å². The van der Waals surface area contributed by atoms with Crippen LogP contribution in [0.5, 0.6) is 28.7 Å². The molecule has 0 saturated carbocycles. The lowest BCUT2D eigenvalue weighted by Gasteiger charge is -2.26. The molecule has 0 N–H and O–H groups in total. The van der Waals surface area contributed by atoms with Gasteiger partial charge in [0.1, 0.15) is 28.9 Å². The summed E-state index contributed by atoms with van der Waals surface area (Å²) in [5.41, 5.74) is 1.97. The number of rotatable bonds is 8. The van der Waals surface area contributed by atoms with Crippen molar-refractivity contribution in [3.05, 3.63) is 83.4 Å². The fourth-order valence-electron chi connectivity index (χ4n) is 4.36. The molecule has 37 heavy (non-hydrogen) atoms. The molecule has 0 spiro atoms. The van der Waals surface area contributed by atoms with Crippen LogP contribution in [-0.2, 0) is 4.74 Å². The normalized spacial score (nSPS) is 17.8. The minimum Gasteiger partial charge on any atom is -0.497 e. The monoisotopic (exact) mass is 502 g/mol. The van der Waals surface area contributed by atoms with Gasteiger partial charge in [0.05, 0.1) is 14.2 Å². The molecule has 0 bridgehead atoms. The second-order valence-corrected chi connectivity index (χ2v) is 8.99. The van der Waals surface area contributed by atoms with Crippen molar-refractivity contribution in [1.82, 2.24) is 0 Å². The second-order valence-electron chi connectivity index (χ2n) is 8.99. The zero-order valence-corrected chi connectivity index (χ0v) is 21.9. The molecule has 0 saturated heterocycles. The highest BCUT2D eigenvalue weighted by Gasteiger charge is 2.29. The number of carbonyl (C=O) groups excluding carboxylic acids is 1. The number of hydrogen-bond acceptors (Lipinski definition) is 6. The van der Waals surface area contributed by atoms with E-state index in [9.17, 15) is 4.79 Å². The van der Waals surface area contributed by atoms with Gasteiger partial charge in [0.2, 0.25) is 0 Å². The number of aryl methyl sites for hydroxylation is 1. The van der Waals surface area contributed by atoms with Crippen molar-refractivity contribution in [3.63, 3.8) is 0 Å². The number of fused-ring (bicyclic) bond motifs is 2. The summed E-state index contributed by atoms with van der Waals surface area (Å²) >= 11 is 0. The average molecular weight is 503 g/mol. The molecular formula is C31H34O6. The minimum absolute atomic E-state index is 0.393. The van der Waals surface area contributed by atoms with Gasteiger partial charge in [0.15, 0.2) is 17.6 Å². The molecule has 6 nitrogen and oxygen atoms in total. The van der Waals surface area contributed by atoms with E-state index in [1.54, 1.807) is 20.3 Å². The number of carbonyl (C=O) groups is 1.